The summed E-state index contributed by atoms with van der Waals surface area (Å²) < 4.78 is 59.2. The van der Waals surface area contributed by atoms with E-state index in [2.05, 4.69) is 5.32 Å². The fourth-order valence-electron chi connectivity index (χ4n) is 5.50. The number of anilines is 1. The second-order valence-corrected chi connectivity index (χ2v) is 10.5. The number of hydrogen-bond acceptors (Lipinski definition) is 7. The van der Waals surface area contributed by atoms with Gasteiger partial charge in [0.05, 0.1) is 20.3 Å². The first-order valence-corrected chi connectivity index (χ1v) is 13.8. The second-order valence-electron chi connectivity index (χ2n) is 10.5. The van der Waals surface area contributed by atoms with E-state index >= 15 is 0 Å². The summed E-state index contributed by atoms with van der Waals surface area (Å²) in [5, 5.41) is 13.3. The number of carboxylic acid groups (broad SMARTS) is 1. The summed E-state index contributed by atoms with van der Waals surface area (Å²) in [4.78, 5) is 18.6. The van der Waals surface area contributed by atoms with Crippen LogP contribution >= 0.6 is 0 Å². The van der Waals surface area contributed by atoms with Gasteiger partial charge in [-0.2, -0.15) is 0 Å². The van der Waals surface area contributed by atoms with Gasteiger partial charge in [0.25, 0.3) is 5.92 Å². The molecule has 2 aliphatic rings. The lowest BCUT2D eigenvalue weighted by Crippen LogP contribution is -2.34. The SMILES string of the molecule is COc1cc(CCCCCO[C@@H]2CCN([C@@H](C(=O)O)c3cc(C(C)(F)F)cc(F)c3OC)C2)nc2c1CCCN2. The van der Waals surface area contributed by atoms with Crippen LogP contribution in [-0.4, -0.2) is 67.5 Å². The summed E-state index contributed by atoms with van der Waals surface area (Å²) in [6.07, 6.45) is 5.97. The van der Waals surface area contributed by atoms with Gasteiger partial charge in [0.1, 0.15) is 17.6 Å². The molecule has 8 nitrogen and oxygen atoms in total. The van der Waals surface area contributed by atoms with E-state index in [1.54, 1.807) is 12.0 Å². The molecule has 1 saturated heterocycles. The summed E-state index contributed by atoms with van der Waals surface area (Å²) >= 11 is 0. The predicted octanol–water partition coefficient (Wildman–Crippen LogP) is 5.34. The van der Waals surface area contributed by atoms with E-state index in [1.807, 2.05) is 6.07 Å². The van der Waals surface area contributed by atoms with Gasteiger partial charge in [-0.25, -0.2) is 18.2 Å². The molecular weight excluding hydrogens is 527 g/mol. The van der Waals surface area contributed by atoms with E-state index in [4.69, 9.17) is 19.2 Å². The molecule has 1 aromatic heterocycles. The van der Waals surface area contributed by atoms with Crippen LogP contribution in [0.5, 0.6) is 11.5 Å². The minimum Gasteiger partial charge on any atom is -0.496 e. The Balaban J connectivity index is 1.28. The van der Waals surface area contributed by atoms with Gasteiger partial charge in [-0.1, -0.05) is 6.42 Å². The van der Waals surface area contributed by atoms with Gasteiger partial charge in [0.2, 0.25) is 0 Å². The molecule has 2 aliphatic heterocycles. The topological polar surface area (TPSA) is 93.2 Å². The van der Waals surface area contributed by atoms with E-state index in [9.17, 15) is 23.1 Å². The molecule has 1 aromatic carbocycles. The molecule has 0 aliphatic carbocycles. The number of fused-ring (bicyclic) bond motifs is 1. The van der Waals surface area contributed by atoms with Crippen molar-refractivity contribution in [1.82, 2.24) is 9.88 Å². The number of aromatic nitrogens is 1. The number of likely N-dealkylation sites (tertiary alicyclic amines) is 1. The van der Waals surface area contributed by atoms with E-state index in [1.165, 1.54) is 7.11 Å². The van der Waals surface area contributed by atoms with Gasteiger partial charge in [-0.3, -0.25) is 9.69 Å². The highest BCUT2D eigenvalue weighted by molar-refractivity contribution is 5.77. The Morgan fingerprint density at radius 1 is 1.23 bits per heavy atom. The van der Waals surface area contributed by atoms with Crippen molar-refractivity contribution in [2.24, 2.45) is 0 Å². The molecule has 0 radical (unpaired) electrons. The number of unbranched alkanes of at least 4 members (excludes halogenated alkanes) is 2. The number of carbonyl (C=O) groups is 1. The molecule has 2 atom stereocenters. The molecule has 0 spiro atoms. The van der Waals surface area contributed by atoms with Crippen molar-refractivity contribution < 1.29 is 37.3 Å². The highest BCUT2D eigenvalue weighted by Crippen LogP contribution is 2.39. The molecule has 3 heterocycles. The van der Waals surface area contributed by atoms with Gasteiger partial charge in [0, 0.05) is 61.6 Å². The molecule has 1 fully saturated rings. The van der Waals surface area contributed by atoms with Crippen molar-refractivity contribution >= 4 is 11.8 Å². The van der Waals surface area contributed by atoms with Gasteiger partial charge < -0.3 is 24.6 Å². The third kappa shape index (κ3) is 6.98. The van der Waals surface area contributed by atoms with E-state index in [0.717, 1.165) is 74.0 Å². The fourth-order valence-corrected chi connectivity index (χ4v) is 5.50. The molecule has 220 valence electrons. The molecule has 40 heavy (non-hydrogen) atoms. The largest absolute Gasteiger partial charge is 0.496 e. The number of benzene rings is 1. The average Bonchev–Trinajstić information content (AvgIpc) is 3.37. The van der Waals surface area contributed by atoms with Crippen molar-refractivity contribution in [3.63, 3.8) is 0 Å². The van der Waals surface area contributed by atoms with Gasteiger partial charge in [0.15, 0.2) is 11.6 Å². The summed E-state index contributed by atoms with van der Waals surface area (Å²) in [6, 6.07) is 2.40. The zero-order chi connectivity index (χ0) is 28.9. The third-order valence-corrected chi connectivity index (χ3v) is 7.54. The number of hydrogen-bond donors (Lipinski definition) is 2. The Labute approximate surface area is 232 Å². The van der Waals surface area contributed by atoms with E-state index in [-0.39, 0.29) is 17.4 Å². The Morgan fingerprint density at radius 3 is 2.73 bits per heavy atom. The first kappa shape index (κ1) is 29.9. The minimum atomic E-state index is -3.33. The van der Waals surface area contributed by atoms with Crippen molar-refractivity contribution in [3.05, 3.63) is 46.4 Å². The molecule has 4 rings (SSSR count). The number of aryl methyl sites for hydroxylation is 1. The lowest BCUT2D eigenvalue weighted by Gasteiger charge is -2.27. The number of carboxylic acids is 1. The number of aliphatic carboxylic acids is 1. The van der Waals surface area contributed by atoms with E-state index < -0.39 is 29.3 Å². The lowest BCUT2D eigenvalue weighted by molar-refractivity contribution is -0.143. The standard InChI is InChI=1S/C29H38F3N3O5/c1-29(31,32)18-14-22(26(39-3)23(30)15-18)25(28(36)37)35-12-10-20(17-35)40-13-6-4-5-8-19-16-24(38-2)21-9-7-11-33-27(21)34-19/h14-16,20,25H,4-13,17H2,1-3H3,(H,33,34)(H,36,37)/t20-,25-/m1/s1. The number of halogens is 3. The van der Waals surface area contributed by atoms with Crippen LogP contribution in [0, 0.1) is 5.82 Å². The monoisotopic (exact) mass is 565 g/mol. The maximum atomic E-state index is 14.6. The molecule has 0 amide bonds. The van der Waals surface area contributed by atoms with E-state index in [0.29, 0.717) is 39.1 Å². The summed E-state index contributed by atoms with van der Waals surface area (Å²) in [5.74, 6) is -4.15. The second kappa shape index (κ2) is 13.1. The Bertz CT molecular complexity index is 1170. The average molecular weight is 566 g/mol. The van der Waals surface area contributed by atoms with Crippen molar-refractivity contribution in [3.8, 4) is 11.5 Å². The highest BCUT2D eigenvalue weighted by Gasteiger charge is 2.38. The number of ether oxygens (including phenoxy) is 3. The number of rotatable bonds is 13. The normalized spacial score (nSPS) is 18.2. The molecule has 2 aromatic rings. The van der Waals surface area contributed by atoms with Gasteiger partial charge in [-0.05, 0) is 50.7 Å². The van der Waals surface area contributed by atoms with Crippen molar-refractivity contribution in [2.75, 3.05) is 45.8 Å². The zero-order valence-corrected chi connectivity index (χ0v) is 23.3. The smallest absolute Gasteiger partial charge is 0.325 e. The summed E-state index contributed by atoms with van der Waals surface area (Å²) in [6.45, 7) is 2.75. The quantitative estimate of drug-likeness (QED) is 0.315. The Morgan fingerprint density at radius 2 is 2.02 bits per heavy atom. The number of methoxy groups -OCH3 is 2. The molecule has 2 N–H and O–H groups in total. The minimum absolute atomic E-state index is 0.130. The highest BCUT2D eigenvalue weighted by atomic mass is 19.3. The first-order chi connectivity index (χ1) is 19.1. The number of nitrogens with one attached hydrogen (secondary N) is 1. The maximum Gasteiger partial charge on any atom is 0.325 e. The van der Waals surface area contributed by atoms with Crippen LogP contribution in [-0.2, 0) is 28.3 Å². The van der Waals surface area contributed by atoms with Crippen LogP contribution in [0.2, 0.25) is 0 Å². The van der Waals surface area contributed by atoms with Crippen LogP contribution < -0.4 is 14.8 Å². The summed E-state index contributed by atoms with van der Waals surface area (Å²) in [5.41, 5.74) is 1.41. The van der Waals surface area contributed by atoms with Crippen molar-refractivity contribution in [1.29, 1.82) is 0 Å². The Hall–Kier alpha value is -3.05. The lowest BCUT2D eigenvalue weighted by atomic mass is 9.98. The first-order valence-electron chi connectivity index (χ1n) is 13.8. The molecule has 0 bridgehead atoms. The predicted molar refractivity (Wildman–Crippen MR) is 144 cm³/mol. The van der Waals surface area contributed by atoms with Crippen LogP contribution in [0.3, 0.4) is 0 Å². The van der Waals surface area contributed by atoms with Gasteiger partial charge in [-0.15, -0.1) is 0 Å². The zero-order valence-electron chi connectivity index (χ0n) is 23.3. The third-order valence-electron chi connectivity index (χ3n) is 7.54. The molecule has 11 heteroatoms. The number of nitrogens with zero attached hydrogens (tertiary/aromatic N) is 2. The molecule has 0 saturated carbocycles. The van der Waals surface area contributed by atoms with Crippen LogP contribution in [0.1, 0.15) is 67.5 Å². The van der Waals surface area contributed by atoms with Crippen LogP contribution in [0.4, 0.5) is 19.0 Å². The Kier molecular flexibility index (Phi) is 9.78. The molecular formula is C29H38F3N3O5. The van der Waals surface area contributed by atoms with Crippen LogP contribution in [0.25, 0.3) is 0 Å². The fraction of sp³-hybridized carbons (Fsp3) is 0.586. The van der Waals surface area contributed by atoms with Crippen LogP contribution in [0.15, 0.2) is 18.2 Å². The number of pyridine rings is 1. The number of alkyl halides is 2. The van der Waals surface area contributed by atoms with Crippen molar-refractivity contribution in [2.45, 2.75) is 69.9 Å². The van der Waals surface area contributed by atoms with Gasteiger partial charge >= 0.3 is 5.97 Å². The molecule has 0 unspecified atom stereocenters. The maximum absolute atomic E-state index is 14.6. The summed E-state index contributed by atoms with van der Waals surface area (Å²) in [7, 11) is 2.87.